The number of fused-ring (bicyclic) bond motifs is 1. The van der Waals surface area contributed by atoms with Crippen LogP contribution in [0.5, 0.6) is 5.75 Å². The van der Waals surface area contributed by atoms with Gasteiger partial charge in [0, 0.05) is 22.4 Å². The third-order valence-electron chi connectivity index (χ3n) is 4.41. The number of benzene rings is 2. The molecule has 0 fully saturated rings. The lowest BCUT2D eigenvalue weighted by molar-refractivity contribution is 0.0696. The number of ether oxygens (including phenoxy) is 1. The van der Waals surface area contributed by atoms with E-state index in [0.29, 0.717) is 0 Å². The van der Waals surface area contributed by atoms with Crippen molar-refractivity contribution in [2.24, 2.45) is 0 Å². The lowest BCUT2D eigenvalue weighted by Gasteiger charge is -2.41. The molecule has 1 aliphatic rings. The summed E-state index contributed by atoms with van der Waals surface area (Å²) in [5.41, 5.74) is 1.47. The van der Waals surface area contributed by atoms with Crippen LogP contribution in [0.15, 0.2) is 47.4 Å². The van der Waals surface area contributed by atoms with Crippen LogP contribution in [0.2, 0.25) is 0 Å². The zero-order valence-corrected chi connectivity index (χ0v) is 15.4. The maximum absolute atomic E-state index is 10.9. The lowest BCUT2D eigenvalue weighted by Crippen LogP contribution is -2.42. The molecule has 0 saturated carbocycles. The summed E-state index contributed by atoms with van der Waals surface area (Å²) < 4.78 is 6.19. The van der Waals surface area contributed by atoms with E-state index in [-0.39, 0.29) is 11.0 Å². The Bertz CT molecular complexity index is 888. The summed E-state index contributed by atoms with van der Waals surface area (Å²) in [4.78, 5) is 11.8. The van der Waals surface area contributed by atoms with Crippen molar-refractivity contribution >= 4 is 18.6 Å². The van der Waals surface area contributed by atoms with Crippen LogP contribution in [0.25, 0.3) is 0 Å². The van der Waals surface area contributed by atoms with E-state index >= 15 is 0 Å². The standard InChI is InChI=1S/C21H20O3S/c1-20(2)13-21(3,24-18-9-8-16(25)12-17(18)20)11-10-14-4-6-15(7-5-14)19(22)23/h4-9,12,25H,13H2,1-3H3,(H,22,23). The highest BCUT2D eigenvalue weighted by atomic mass is 32.1. The second-order valence-electron chi connectivity index (χ2n) is 7.21. The van der Waals surface area contributed by atoms with Gasteiger partial charge in [0.2, 0.25) is 0 Å². The summed E-state index contributed by atoms with van der Waals surface area (Å²) in [5.74, 6) is 6.25. The average Bonchev–Trinajstić information content (AvgIpc) is 2.54. The highest BCUT2D eigenvalue weighted by molar-refractivity contribution is 7.80. The van der Waals surface area contributed by atoms with Gasteiger partial charge in [-0.2, -0.15) is 0 Å². The maximum atomic E-state index is 10.9. The largest absolute Gasteiger partial charge is 0.478 e. The van der Waals surface area contributed by atoms with Crippen molar-refractivity contribution in [2.75, 3.05) is 0 Å². The molecule has 2 aromatic carbocycles. The first-order valence-corrected chi connectivity index (χ1v) is 8.52. The molecule has 2 aromatic rings. The summed E-state index contributed by atoms with van der Waals surface area (Å²) in [7, 11) is 0. The number of rotatable bonds is 1. The molecule has 3 rings (SSSR count). The second-order valence-corrected chi connectivity index (χ2v) is 7.72. The Morgan fingerprint density at radius 2 is 1.84 bits per heavy atom. The molecule has 0 bridgehead atoms. The topological polar surface area (TPSA) is 46.5 Å². The van der Waals surface area contributed by atoms with Crippen LogP contribution < -0.4 is 4.74 Å². The van der Waals surface area contributed by atoms with E-state index in [4.69, 9.17) is 9.84 Å². The monoisotopic (exact) mass is 352 g/mol. The number of aromatic carboxylic acids is 1. The highest BCUT2D eigenvalue weighted by Crippen LogP contribution is 2.45. The van der Waals surface area contributed by atoms with Gasteiger partial charge in [-0.1, -0.05) is 25.7 Å². The zero-order chi connectivity index (χ0) is 18.2. The summed E-state index contributed by atoms with van der Waals surface area (Å²) >= 11 is 4.43. The first-order valence-electron chi connectivity index (χ1n) is 8.08. The molecule has 4 heteroatoms. The molecular weight excluding hydrogens is 332 g/mol. The van der Waals surface area contributed by atoms with E-state index in [2.05, 4.69) is 44.4 Å². The van der Waals surface area contributed by atoms with Gasteiger partial charge in [-0.15, -0.1) is 12.6 Å². The summed E-state index contributed by atoms with van der Waals surface area (Å²) in [6, 6.07) is 12.5. The average molecular weight is 352 g/mol. The Morgan fingerprint density at radius 1 is 1.16 bits per heavy atom. The first kappa shape index (κ1) is 17.4. The smallest absolute Gasteiger partial charge is 0.335 e. The van der Waals surface area contributed by atoms with Gasteiger partial charge in [-0.25, -0.2) is 4.79 Å². The fourth-order valence-electron chi connectivity index (χ4n) is 3.32. The van der Waals surface area contributed by atoms with E-state index in [9.17, 15) is 4.79 Å². The summed E-state index contributed by atoms with van der Waals surface area (Å²) in [6.07, 6.45) is 0.754. The number of thiol groups is 1. The van der Waals surface area contributed by atoms with Gasteiger partial charge in [0.15, 0.2) is 5.60 Å². The van der Waals surface area contributed by atoms with Gasteiger partial charge in [-0.05, 0) is 54.8 Å². The van der Waals surface area contributed by atoms with Crippen LogP contribution in [0, 0.1) is 11.8 Å². The molecule has 0 aromatic heterocycles. The van der Waals surface area contributed by atoms with E-state index in [0.717, 1.165) is 28.2 Å². The fraction of sp³-hybridized carbons (Fsp3) is 0.286. The lowest BCUT2D eigenvalue weighted by atomic mass is 9.73. The van der Waals surface area contributed by atoms with Crippen molar-refractivity contribution in [1.29, 1.82) is 0 Å². The molecular formula is C21H20O3S. The number of hydrogen-bond acceptors (Lipinski definition) is 3. The molecule has 1 aliphatic heterocycles. The quantitative estimate of drug-likeness (QED) is 0.585. The van der Waals surface area contributed by atoms with E-state index in [1.54, 1.807) is 24.3 Å². The molecule has 1 atom stereocenters. The molecule has 3 nitrogen and oxygen atoms in total. The third-order valence-corrected chi connectivity index (χ3v) is 4.69. The molecule has 0 saturated heterocycles. The molecule has 1 heterocycles. The van der Waals surface area contributed by atoms with Crippen molar-refractivity contribution < 1.29 is 14.6 Å². The number of carbonyl (C=O) groups is 1. The molecule has 128 valence electrons. The molecule has 0 radical (unpaired) electrons. The van der Waals surface area contributed by atoms with Gasteiger partial charge >= 0.3 is 5.97 Å². The normalized spacial score (nSPS) is 20.6. The van der Waals surface area contributed by atoms with Gasteiger partial charge in [-0.3, -0.25) is 0 Å². The molecule has 25 heavy (non-hydrogen) atoms. The molecule has 0 amide bonds. The highest BCUT2D eigenvalue weighted by Gasteiger charge is 2.41. The van der Waals surface area contributed by atoms with E-state index < -0.39 is 11.6 Å². The predicted molar refractivity (Wildman–Crippen MR) is 101 cm³/mol. The number of carboxylic acids is 1. The van der Waals surface area contributed by atoms with Crippen LogP contribution in [0.1, 0.15) is 48.7 Å². The van der Waals surface area contributed by atoms with Crippen molar-refractivity contribution in [3.05, 3.63) is 59.2 Å². The minimum Gasteiger partial charge on any atom is -0.478 e. The van der Waals surface area contributed by atoms with Crippen molar-refractivity contribution in [1.82, 2.24) is 0 Å². The minimum atomic E-state index is -0.941. The molecule has 1 N–H and O–H groups in total. The maximum Gasteiger partial charge on any atom is 0.335 e. The van der Waals surface area contributed by atoms with E-state index in [1.807, 2.05) is 19.1 Å². The van der Waals surface area contributed by atoms with Crippen LogP contribution in [0.3, 0.4) is 0 Å². The van der Waals surface area contributed by atoms with Crippen LogP contribution >= 0.6 is 12.6 Å². The second kappa shape index (κ2) is 6.16. The van der Waals surface area contributed by atoms with Crippen LogP contribution in [-0.2, 0) is 5.41 Å². The van der Waals surface area contributed by atoms with Gasteiger partial charge in [0.25, 0.3) is 0 Å². The Hall–Kier alpha value is -2.38. The summed E-state index contributed by atoms with van der Waals surface area (Å²) in [5, 5.41) is 8.96. The van der Waals surface area contributed by atoms with Crippen molar-refractivity contribution in [3.63, 3.8) is 0 Å². The van der Waals surface area contributed by atoms with Gasteiger partial charge in [0.05, 0.1) is 5.56 Å². The molecule has 0 aliphatic carbocycles. The first-order chi connectivity index (χ1) is 11.7. The zero-order valence-electron chi connectivity index (χ0n) is 14.5. The Morgan fingerprint density at radius 3 is 2.48 bits per heavy atom. The molecule has 1 unspecified atom stereocenters. The SMILES string of the molecule is CC1(C#Cc2ccc(C(=O)O)cc2)CC(C)(C)c2cc(S)ccc2O1. The summed E-state index contributed by atoms with van der Waals surface area (Å²) in [6.45, 7) is 6.36. The Kier molecular flexibility index (Phi) is 4.30. The minimum absolute atomic E-state index is 0.0804. The predicted octanol–water partition coefficient (Wildman–Crippen LogP) is 4.54. The van der Waals surface area contributed by atoms with Crippen LogP contribution in [0.4, 0.5) is 0 Å². The van der Waals surface area contributed by atoms with Gasteiger partial charge in [0.1, 0.15) is 5.75 Å². The van der Waals surface area contributed by atoms with Crippen molar-refractivity contribution in [3.8, 4) is 17.6 Å². The fourth-order valence-corrected chi connectivity index (χ4v) is 3.53. The van der Waals surface area contributed by atoms with Gasteiger partial charge < -0.3 is 9.84 Å². The number of carboxylic acid groups (broad SMARTS) is 1. The third kappa shape index (κ3) is 3.67. The van der Waals surface area contributed by atoms with Crippen molar-refractivity contribution in [2.45, 2.75) is 43.1 Å². The Balaban J connectivity index is 1.91. The number of hydrogen-bond donors (Lipinski definition) is 2. The molecule has 0 spiro atoms. The van der Waals surface area contributed by atoms with Crippen LogP contribution in [-0.4, -0.2) is 16.7 Å². The van der Waals surface area contributed by atoms with E-state index in [1.165, 1.54) is 0 Å². The Labute approximate surface area is 153 Å².